The molecule has 8 aromatic rings. The van der Waals surface area contributed by atoms with Crippen LogP contribution in [0.1, 0.15) is 0 Å². The Kier molecular flexibility index (Phi) is 7.03. The number of hydrogen-bond donors (Lipinski definition) is 0. The van der Waals surface area contributed by atoms with Gasteiger partial charge in [0.15, 0.2) is 11.6 Å². The van der Waals surface area contributed by atoms with E-state index in [9.17, 15) is 0 Å². The molecule has 0 N–H and O–H groups in total. The van der Waals surface area contributed by atoms with Gasteiger partial charge >= 0.3 is 0 Å². The Hall–Kier alpha value is -6.03. The third-order valence-electron chi connectivity index (χ3n) is 8.67. The van der Waals surface area contributed by atoms with Gasteiger partial charge in [-0.15, -0.1) is 0 Å². The van der Waals surface area contributed by atoms with E-state index in [1.54, 1.807) is 0 Å². The Morgan fingerprint density at radius 2 is 1.02 bits per heavy atom. The highest BCUT2D eigenvalue weighted by Crippen LogP contribution is 2.48. The molecule has 0 unspecified atom stereocenters. The van der Waals surface area contributed by atoms with Crippen LogP contribution in [0.5, 0.6) is 0 Å². The zero-order chi connectivity index (χ0) is 31.9. The van der Waals surface area contributed by atoms with E-state index in [0.717, 1.165) is 39.1 Å². The largest absolute Gasteiger partial charge is 0.278 e. The van der Waals surface area contributed by atoms with Crippen LogP contribution < -0.4 is 20.8 Å². The van der Waals surface area contributed by atoms with Crippen LogP contribution in [0, 0.1) is 0 Å². The van der Waals surface area contributed by atoms with Crippen LogP contribution in [0.2, 0.25) is 0 Å². The van der Waals surface area contributed by atoms with Crippen molar-refractivity contribution < 1.29 is 0 Å². The van der Waals surface area contributed by atoms with Crippen LogP contribution in [0.3, 0.4) is 0 Å². The highest BCUT2D eigenvalue weighted by Gasteiger charge is 2.34. The Labute approximate surface area is 280 Å². The molecule has 1 aliphatic rings. The van der Waals surface area contributed by atoms with Crippen molar-refractivity contribution in [2.45, 2.75) is 0 Å². The third-order valence-corrected chi connectivity index (χ3v) is 11.2. The average Bonchev–Trinajstić information content (AvgIpc) is 3.17. The van der Waals surface area contributed by atoms with Gasteiger partial charge in [-0.3, -0.25) is 9.88 Å². The predicted molar refractivity (Wildman–Crippen MR) is 198 cm³/mol. The smallest absolute Gasteiger partial charge is 0.238 e. The summed E-state index contributed by atoms with van der Waals surface area (Å²) in [5.41, 5.74) is 6.13. The highest BCUT2D eigenvalue weighted by molar-refractivity contribution is 7.80. The first-order valence-corrected chi connectivity index (χ1v) is 17.3. The van der Waals surface area contributed by atoms with Crippen molar-refractivity contribution in [2.75, 3.05) is 4.90 Å². The number of anilines is 3. The molecule has 9 rings (SSSR count). The molecule has 1 aliphatic heterocycles. The van der Waals surface area contributed by atoms with Crippen molar-refractivity contribution in [1.82, 2.24) is 19.9 Å². The lowest BCUT2D eigenvalue weighted by Crippen LogP contribution is -2.34. The van der Waals surface area contributed by atoms with E-state index in [1.165, 1.54) is 21.3 Å². The van der Waals surface area contributed by atoms with Crippen LogP contribution in [0.15, 0.2) is 170 Å². The second-order valence-corrected chi connectivity index (χ2v) is 13.7. The van der Waals surface area contributed by atoms with Gasteiger partial charge in [-0.05, 0) is 42.9 Å². The number of benzene rings is 6. The number of fused-ring (bicyclic) bond motifs is 3. The summed E-state index contributed by atoms with van der Waals surface area (Å²) in [5.74, 6) is 1.86. The SMILES string of the molecule is c1ccc(-c2nc(-c3ccccc3)nc(N3c4ccccc4P(c4cccc(-c5nccc6ccccc56)c4)c4ccccc43)n2)cc1. The van der Waals surface area contributed by atoms with Crippen LogP contribution in [-0.4, -0.2) is 19.9 Å². The van der Waals surface area contributed by atoms with Crippen molar-refractivity contribution in [1.29, 1.82) is 0 Å². The topological polar surface area (TPSA) is 54.8 Å². The van der Waals surface area contributed by atoms with Crippen molar-refractivity contribution in [3.8, 4) is 34.0 Å². The minimum Gasteiger partial charge on any atom is -0.278 e. The Bertz CT molecular complexity index is 2320. The molecule has 226 valence electrons. The van der Waals surface area contributed by atoms with E-state index < -0.39 is 7.92 Å². The number of aromatic nitrogens is 4. The minimum absolute atomic E-state index is 0.589. The summed E-state index contributed by atoms with van der Waals surface area (Å²) in [5, 5.41) is 6.10. The maximum absolute atomic E-state index is 5.13. The number of pyridine rings is 1. The molecule has 0 spiro atoms. The van der Waals surface area contributed by atoms with Gasteiger partial charge in [-0.1, -0.05) is 140 Å². The van der Waals surface area contributed by atoms with E-state index in [0.29, 0.717) is 17.6 Å². The van der Waals surface area contributed by atoms with Crippen LogP contribution >= 0.6 is 7.92 Å². The summed E-state index contributed by atoms with van der Waals surface area (Å²) in [6, 6.07) is 57.0. The summed E-state index contributed by atoms with van der Waals surface area (Å²) in [4.78, 5) is 22.3. The van der Waals surface area contributed by atoms with E-state index in [-0.39, 0.29) is 0 Å². The van der Waals surface area contributed by atoms with Gasteiger partial charge in [0, 0.05) is 38.9 Å². The molecule has 5 nitrogen and oxygen atoms in total. The first-order chi connectivity index (χ1) is 23.8. The third kappa shape index (κ3) is 4.93. The number of nitrogens with zero attached hydrogens (tertiary/aromatic N) is 5. The second kappa shape index (κ2) is 12.0. The summed E-state index contributed by atoms with van der Waals surface area (Å²) in [7, 11) is -0.909. The maximum atomic E-state index is 5.13. The summed E-state index contributed by atoms with van der Waals surface area (Å²) in [6.45, 7) is 0. The lowest BCUT2D eigenvalue weighted by atomic mass is 10.0. The van der Waals surface area contributed by atoms with Crippen molar-refractivity contribution in [3.05, 3.63) is 170 Å². The molecule has 0 amide bonds. The summed E-state index contributed by atoms with van der Waals surface area (Å²) >= 11 is 0. The molecule has 0 saturated heterocycles. The Morgan fingerprint density at radius 1 is 0.458 bits per heavy atom. The van der Waals surface area contributed by atoms with Crippen molar-refractivity contribution in [3.63, 3.8) is 0 Å². The van der Waals surface area contributed by atoms with Gasteiger partial charge in [0.1, 0.15) is 0 Å². The quantitative estimate of drug-likeness (QED) is 0.177. The fourth-order valence-electron chi connectivity index (χ4n) is 6.48. The number of rotatable bonds is 5. The van der Waals surface area contributed by atoms with E-state index >= 15 is 0 Å². The molecule has 6 heteroatoms. The normalized spacial score (nSPS) is 12.5. The fraction of sp³-hybridized carbons (Fsp3) is 0. The molecular weight excluding hydrogens is 605 g/mol. The second-order valence-electron chi connectivity index (χ2n) is 11.6. The van der Waals surface area contributed by atoms with Gasteiger partial charge in [0.2, 0.25) is 5.95 Å². The first kappa shape index (κ1) is 28.2. The summed E-state index contributed by atoms with van der Waals surface area (Å²) < 4.78 is 0. The molecule has 3 heterocycles. The van der Waals surface area contributed by atoms with E-state index in [1.807, 2.05) is 66.9 Å². The standard InChI is InChI=1S/C42H28N5P/c1-3-15-30(16-4-1)40-44-41(31-17-5-2-6-18-31)46-42(45-40)47-35-22-9-11-24-37(35)48(38-25-12-10-23-36(38)47)33-20-13-19-32(28-33)39-34-21-8-7-14-29(34)26-27-43-39/h1-28H. The first-order valence-electron chi connectivity index (χ1n) is 15.9. The lowest BCUT2D eigenvalue weighted by molar-refractivity contribution is 1.02. The molecular formula is C42H28N5P. The molecule has 0 atom stereocenters. The van der Waals surface area contributed by atoms with E-state index in [4.69, 9.17) is 19.9 Å². The molecule has 0 bridgehead atoms. The lowest BCUT2D eigenvalue weighted by Gasteiger charge is -2.36. The Morgan fingerprint density at radius 3 is 1.69 bits per heavy atom. The van der Waals surface area contributed by atoms with Gasteiger partial charge in [-0.25, -0.2) is 4.98 Å². The van der Waals surface area contributed by atoms with Gasteiger partial charge < -0.3 is 0 Å². The van der Waals surface area contributed by atoms with Crippen molar-refractivity contribution >= 4 is 51.9 Å². The summed E-state index contributed by atoms with van der Waals surface area (Å²) in [6.07, 6.45) is 1.90. The minimum atomic E-state index is -0.909. The molecule has 2 aromatic heterocycles. The molecule has 6 aromatic carbocycles. The molecule has 0 aliphatic carbocycles. The fourth-order valence-corrected chi connectivity index (χ4v) is 9.07. The highest BCUT2D eigenvalue weighted by atomic mass is 31.1. The zero-order valence-electron chi connectivity index (χ0n) is 25.8. The monoisotopic (exact) mass is 633 g/mol. The zero-order valence-corrected chi connectivity index (χ0v) is 26.7. The van der Waals surface area contributed by atoms with Crippen molar-refractivity contribution in [2.24, 2.45) is 0 Å². The van der Waals surface area contributed by atoms with E-state index in [2.05, 4.69) is 108 Å². The number of para-hydroxylation sites is 2. The molecule has 0 radical (unpaired) electrons. The molecule has 0 saturated carbocycles. The average molecular weight is 634 g/mol. The van der Waals surface area contributed by atoms with Gasteiger partial charge in [0.25, 0.3) is 0 Å². The molecule has 48 heavy (non-hydrogen) atoms. The maximum Gasteiger partial charge on any atom is 0.238 e. The predicted octanol–water partition coefficient (Wildman–Crippen LogP) is 8.96. The van der Waals surface area contributed by atoms with Crippen LogP contribution in [0.4, 0.5) is 17.3 Å². The Balaban J connectivity index is 1.23. The van der Waals surface area contributed by atoms with Crippen LogP contribution in [-0.2, 0) is 0 Å². The number of hydrogen-bond acceptors (Lipinski definition) is 5. The van der Waals surface area contributed by atoms with Gasteiger partial charge in [-0.2, -0.15) is 9.97 Å². The molecule has 0 fully saturated rings. The van der Waals surface area contributed by atoms with Crippen LogP contribution in [0.25, 0.3) is 44.8 Å². The van der Waals surface area contributed by atoms with Gasteiger partial charge in [0.05, 0.1) is 17.1 Å².